The monoisotopic (exact) mass is 373 g/mol. The van der Waals surface area contributed by atoms with Gasteiger partial charge in [-0.1, -0.05) is 41.9 Å². The summed E-state index contributed by atoms with van der Waals surface area (Å²) in [5.74, 6) is 0. The molecule has 0 amide bonds. The van der Waals surface area contributed by atoms with Gasteiger partial charge in [-0.15, -0.1) is 0 Å². The van der Waals surface area contributed by atoms with Crippen molar-refractivity contribution in [2.45, 2.75) is 17.9 Å². The van der Waals surface area contributed by atoms with Crippen LogP contribution in [-0.4, -0.2) is 8.42 Å². The van der Waals surface area contributed by atoms with E-state index in [0.717, 1.165) is 5.56 Å². The maximum absolute atomic E-state index is 12.3. The zero-order chi connectivity index (χ0) is 14.8. The average molecular weight is 375 g/mol. The molecule has 0 heterocycles. The van der Waals surface area contributed by atoms with Crippen LogP contribution in [0.25, 0.3) is 0 Å². The second-order valence-electron chi connectivity index (χ2n) is 4.33. The van der Waals surface area contributed by atoms with E-state index in [0.29, 0.717) is 9.50 Å². The molecule has 0 aromatic heterocycles. The number of benzene rings is 2. The Balaban J connectivity index is 2.25. The van der Waals surface area contributed by atoms with E-state index in [1.807, 2.05) is 30.3 Å². The van der Waals surface area contributed by atoms with Crippen molar-refractivity contribution in [3.05, 3.63) is 63.6 Å². The minimum atomic E-state index is -3.59. The first kappa shape index (κ1) is 15.5. The minimum Gasteiger partial charge on any atom is -0.207 e. The largest absolute Gasteiger partial charge is 0.241 e. The molecule has 2 rings (SSSR count). The Morgan fingerprint density at radius 2 is 1.80 bits per heavy atom. The van der Waals surface area contributed by atoms with E-state index in [9.17, 15) is 8.42 Å². The van der Waals surface area contributed by atoms with E-state index in [1.165, 1.54) is 12.1 Å². The quantitative estimate of drug-likeness (QED) is 0.874. The van der Waals surface area contributed by atoms with Crippen LogP contribution in [0.15, 0.2) is 57.9 Å². The average Bonchev–Trinajstić information content (AvgIpc) is 2.42. The van der Waals surface area contributed by atoms with Gasteiger partial charge in [0.1, 0.15) is 0 Å². The lowest BCUT2D eigenvalue weighted by molar-refractivity contribution is 0.567. The Labute approximate surface area is 132 Å². The molecular formula is C14H13BrClNO2S. The Morgan fingerprint density at radius 3 is 2.40 bits per heavy atom. The molecule has 20 heavy (non-hydrogen) atoms. The maximum Gasteiger partial charge on any atom is 0.241 e. The Bertz CT molecular complexity index is 704. The van der Waals surface area contributed by atoms with Crippen LogP contribution in [0.5, 0.6) is 0 Å². The van der Waals surface area contributed by atoms with Crippen molar-refractivity contribution in [2.75, 3.05) is 0 Å². The van der Waals surface area contributed by atoms with Crippen LogP contribution < -0.4 is 4.72 Å². The first-order chi connectivity index (χ1) is 9.40. The van der Waals surface area contributed by atoms with Gasteiger partial charge in [0.2, 0.25) is 10.0 Å². The standard InChI is InChI=1S/C14H13BrClNO2S/c1-10(11-5-3-2-4-6-11)17-20(18,19)12-7-8-14(16)13(15)9-12/h2-10,17H,1H3/t10-/m1/s1. The molecule has 0 saturated heterocycles. The van der Waals surface area contributed by atoms with Gasteiger partial charge < -0.3 is 0 Å². The zero-order valence-electron chi connectivity index (χ0n) is 10.7. The van der Waals surface area contributed by atoms with E-state index < -0.39 is 10.0 Å². The van der Waals surface area contributed by atoms with Gasteiger partial charge in [-0.2, -0.15) is 0 Å². The first-order valence-electron chi connectivity index (χ1n) is 5.92. The van der Waals surface area contributed by atoms with Crippen LogP contribution in [0, 0.1) is 0 Å². The highest BCUT2D eigenvalue weighted by atomic mass is 79.9. The molecule has 0 aliphatic carbocycles. The number of nitrogens with one attached hydrogen (secondary N) is 1. The van der Waals surface area contributed by atoms with Gasteiger partial charge in [-0.05, 0) is 46.6 Å². The van der Waals surface area contributed by atoms with Crippen molar-refractivity contribution >= 4 is 37.6 Å². The molecule has 0 aliphatic heterocycles. The Hall–Kier alpha value is -0.880. The summed E-state index contributed by atoms with van der Waals surface area (Å²) < 4.78 is 27.8. The Kier molecular flexibility index (Phi) is 4.86. The van der Waals surface area contributed by atoms with Crippen molar-refractivity contribution in [3.63, 3.8) is 0 Å². The molecule has 0 radical (unpaired) electrons. The number of hydrogen-bond donors (Lipinski definition) is 1. The summed E-state index contributed by atoms with van der Waals surface area (Å²) in [5.41, 5.74) is 0.907. The van der Waals surface area contributed by atoms with Crippen LogP contribution in [0.2, 0.25) is 5.02 Å². The maximum atomic E-state index is 12.3. The molecule has 6 heteroatoms. The molecule has 0 saturated carbocycles. The molecule has 0 aliphatic rings. The van der Waals surface area contributed by atoms with Crippen molar-refractivity contribution < 1.29 is 8.42 Å². The fourth-order valence-electron chi connectivity index (χ4n) is 1.75. The number of halogens is 2. The number of hydrogen-bond acceptors (Lipinski definition) is 2. The van der Waals surface area contributed by atoms with Crippen molar-refractivity contribution in [1.29, 1.82) is 0 Å². The number of rotatable bonds is 4. The molecule has 3 nitrogen and oxygen atoms in total. The molecule has 1 N–H and O–H groups in total. The van der Waals surface area contributed by atoms with E-state index >= 15 is 0 Å². The van der Waals surface area contributed by atoms with E-state index in [4.69, 9.17) is 11.6 Å². The van der Waals surface area contributed by atoms with Crippen molar-refractivity contribution in [2.24, 2.45) is 0 Å². The normalized spacial score (nSPS) is 13.2. The van der Waals surface area contributed by atoms with Crippen LogP contribution in [0.3, 0.4) is 0 Å². The summed E-state index contributed by atoms with van der Waals surface area (Å²) >= 11 is 9.10. The van der Waals surface area contributed by atoms with Crippen LogP contribution in [0.4, 0.5) is 0 Å². The Morgan fingerprint density at radius 1 is 1.15 bits per heavy atom. The molecule has 0 fully saturated rings. The van der Waals surface area contributed by atoms with Crippen LogP contribution in [0.1, 0.15) is 18.5 Å². The lowest BCUT2D eigenvalue weighted by Crippen LogP contribution is -2.26. The van der Waals surface area contributed by atoms with E-state index in [2.05, 4.69) is 20.7 Å². The second kappa shape index (κ2) is 6.26. The van der Waals surface area contributed by atoms with Crippen molar-refractivity contribution in [3.8, 4) is 0 Å². The molecule has 0 bridgehead atoms. The molecule has 106 valence electrons. The van der Waals surface area contributed by atoms with Gasteiger partial charge in [-0.3, -0.25) is 0 Å². The summed E-state index contributed by atoms with van der Waals surface area (Å²) in [4.78, 5) is 0.177. The zero-order valence-corrected chi connectivity index (χ0v) is 13.8. The summed E-state index contributed by atoms with van der Waals surface area (Å²) in [7, 11) is -3.59. The highest BCUT2D eigenvalue weighted by Crippen LogP contribution is 2.26. The molecule has 2 aromatic carbocycles. The third kappa shape index (κ3) is 3.61. The highest BCUT2D eigenvalue weighted by Gasteiger charge is 2.19. The molecule has 0 spiro atoms. The van der Waals surface area contributed by atoms with Crippen LogP contribution in [-0.2, 0) is 10.0 Å². The molecule has 2 aromatic rings. The van der Waals surface area contributed by atoms with Gasteiger partial charge in [0, 0.05) is 10.5 Å². The van der Waals surface area contributed by atoms with Crippen LogP contribution >= 0.6 is 27.5 Å². The van der Waals surface area contributed by atoms with E-state index in [-0.39, 0.29) is 10.9 Å². The summed E-state index contributed by atoms with van der Waals surface area (Å²) in [5, 5.41) is 0.472. The lowest BCUT2D eigenvalue weighted by Gasteiger charge is -2.15. The lowest BCUT2D eigenvalue weighted by atomic mass is 10.1. The summed E-state index contributed by atoms with van der Waals surface area (Å²) in [6.45, 7) is 1.80. The second-order valence-corrected chi connectivity index (χ2v) is 7.31. The highest BCUT2D eigenvalue weighted by molar-refractivity contribution is 9.10. The summed E-state index contributed by atoms with van der Waals surface area (Å²) in [6.07, 6.45) is 0. The number of sulfonamides is 1. The first-order valence-corrected chi connectivity index (χ1v) is 8.58. The molecule has 0 unspecified atom stereocenters. The smallest absolute Gasteiger partial charge is 0.207 e. The third-order valence-electron chi connectivity index (χ3n) is 2.83. The fraction of sp³-hybridized carbons (Fsp3) is 0.143. The topological polar surface area (TPSA) is 46.2 Å². The third-order valence-corrected chi connectivity index (χ3v) is 5.59. The minimum absolute atomic E-state index is 0.177. The van der Waals surface area contributed by atoms with Gasteiger partial charge in [-0.25, -0.2) is 13.1 Å². The molecular weight excluding hydrogens is 362 g/mol. The predicted molar refractivity (Wildman–Crippen MR) is 84.3 cm³/mol. The van der Waals surface area contributed by atoms with Gasteiger partial charge in [0.25, 0.3) is 0 Å². The summed E-state index contributed by atoms with van der Waals surface area (Å²) in [6, 6.07) is 13.6. The van der Waals surface area contributed by atoms with Gasteiger partial charge >= 0.3 is 0 Å². The van der Waals surface area contributed by atoms with E-state index in [1.54, 1.807) is 13.0 Å². The molecule has 1 atom stereocenters. The predicted octanol–water partition coefficient (Wildman–Crippen LogP) is 4.14. The van der Waals surface area contributed by atoms with Gasteiger partial charge in [0.05, 0.1) is 9.92 Å². The SMILES string of the molecule is C[C@@H](NS(=O)(=O)c1ccc(Cl)c(Br)c1)c1ccccc1. The fourth-order valence-corrected chi connectivity index (χ4v) is 3.66. The van der Waals surface area contributed by atoms with Crippen molar-refractivity contribution in [1.82, 2.24) is 4.72 Å². The van der Waals surface area contributed by atoms with Gasteiger partial charge in [0.15, 0.2) is 0 Å².